The van der Waals surface area contributed by atoms with Gasteiger partial charge in [0.05, 0.1) is 18.8 Å². The lowest BCUT2D eigenvalue weighted by molar-refractivity contribution is -0.122. The summed E-state index contributed by atoms with van der Waals surface area (Å²) in [4.78, 5) is 12.6. The van der Waals surface area contributed by atoms with Gasteiger partial charge in [-0.25, -0.2) is 8.42 Å². The number of nitrogens with one attached hydrogen (secondary N) is 1. The predicted molar refractivity (Wildman–Crippen MR) is 114 cm³/mol. The van der Waals surface area contributed by atoms with Gasteiger partial charge >= 0.3 is 0 Å². The fraction of sp³-hybridized carbons (Fsp3) is 0.409. The zero-order valence-corrected chi connectivity index (χ0v) is 18.1. The highest BCUT2D eigenvalue weighted by atomic mass is 32.2. The molecule has 0 aliphatic heterocycles. The maximum atomic E-state index is 12.6. The molecule has 28 heavy (non-hydrogen) atoms. The minimum Gasteiger partial charge on any atom is -0.348 e. The molecule has 5 nitrogen and oxygen atoms in total. The van der Waals surface area contributed by atoms with E-state index in [1.54, 1.807) is 0 Å². The molecule has 1 unspecified atom stereocenters. The van der Waals surface area contributed by atoms with Gasteiger partial charge in [-0.2, -0.15) is 4.31 Å². The van der Waals surface area contributed by atoms with Crippen molar-refractivity contribution in [3.63, 3.8) is 0 Å². The summed E-state index contributed by atoms with van der Waals surface area (Å²) >= 11 is 0. The fourth-order valence-electron chi connectivity index (χ4n) is 2.99. The van der Waals surface area contributed by atoms with Gasteiger partial charge in [0.1, 0.15) is 0 Å². The van der Waals surface area contributed by atoms with Gasteiger partial charge in [0.25, 0.3) is 0 Å². The lowest BCUT2D eigenvalue weighted by Crippen LogP contribution is -2.41. The first-order chi connectivity index (χ1) is 13.1. The van der Waals surface area contributed by atoms with Crippen LogP contribution in [-0.2, 0) is 21.4 Å². The molecule has 1 atom stereocenters. The van der Waals surface area contributed by atoms with Gasteiger partial charge in [0.2, 0.25) is 15.9 Å². The third kappa shape index (κ3) is 6.17. The van der Waals surface area contributed by atoms with Crippen LogP contribution in [0.5, 0.6) is 0 Å². The van der Waals surface area contributed by atoms with Gasteiger partial charge in [-0.05, 0) is 49.4 Å². The van der Waals surface area contributed by atoms with Crippen molar-refractivity contribution in [1.29, 1.82) is 0 Å². The van der Waals surface area contributed by atoms with E-state index in [2.05, 4.69) is 11.4 Å². The molecule has 0 saturated carbocycles. The summed E-state index contributed by atoms with van der Waals surface area (Å²) in [5.74, 6) is -0.303. The molecule has 0 aromatic heterocycles. The van der Waals surface area contributed by atoms with E-state index < -0.39 is 10.0 Å². The van der Waals surface area contributed by atoms with E-state index in [1.165, 1.54) is 15.4 Å². The highest BCUT2D eigenvalue weighted by Crippen LogP contribution is 2.20. The average molecular weight is 403 g/mol. The Kier molecular flexibility index (Phi) is 7.38. The van der Waals surface area contributed by atoms with Crippen LogP contribution in [0.1, 0.15) is 47.2 Å². The SMILES string of the molecule is CCC(NC(=O)CN(Cc1ccc(C)cc1)S(C)(=O)=O)c1ccc(C)c(C)c1. The molecule has 0 fully saturated rings. The van der Waals surface area contributed by atoms with E-state index >= 15 is 0 Å². The van der Waals surface area contributed by atoms with Gasteiger partial charge in [0.15, 0.2) is 0 Å². The molecule has 1 amide bonds. The molecular formula is C22H30N2O3S. The van der Waals surface area contributed by atoms with Crippen molar-refractivity contribution < 1.29 is 13.2 Å². The molecule has 2 aromatic rings. The number of sulfonamides is 1. The van der Waals surface area contributed by atoms with Gasteiger partial charge in [-0.1, -0.05) is 55.0 Å². The van der Waals surface area contributed by atoms with Crippen molar-refractivity contribution >= 4 is 15.9 Å². The predicted octanol–water partition coefficient (Wildman–Crippen LogP) is 3.64. The second-order valence-electron chi connectivity index (χ2n) is 7.39. The van der Waals surface area contributed by atoms with Crippen LogP contribution in [0.15, 0.2) is 42.5 Å². The first-order valence-corrected chi connectivity index (χ1v) is 11.3. The molecule has 2 rings (SSSR count). The Bertz CT molecular complexity index is 921. The first-order valence-electron chi connectivity index (χ1n) is 9.47. The van der Waals surface area contributed by atoms with Crippen LogP contribution in [0.2, 0.25) is 0 Å². The van der Waals surface area contributed by atoms with E-state index in [1.807, 2.05) is 64.1 Å². The van der Waals surface area contributed by atoms with Crippen LogP contribution in [0.3, 0.4) is 0 Å². The molecule has 0 radical (unpaired) electrons. The molecule has 0 aliphatic carbocycles. The van der Waals surface area contributed by atoms with Crippen LogP contribution in [0.4, 0.5) is 0 Å². The smallest absolute Gasteiger partial charge is 0.235 e. The molecular weight excluding hydrogens is 372 g/mol. The molecule has 0 saturated heterocycles. The van der Waals surface area contributed by atoms with Crippen LogP contribution >= 0.6 is 0 Å². The van der Waals surface area contributed by atoms with Crippen LogP contribution in [0, 0.1) is 20.8 Å². The summed E-state index contributed by atoms with van der Waals surface area (Å²) in [5.41, 5.74) is 5.36. The van der Waals surface area contributed by atoms with E-state index in [9.17, 15) is 13.2 Å². The van der Waals surface area contributed by atoms with Crippen molar-refractivity contribution in [3.05, 3.63) is 70.3 Å². The number of hydrogen-bond acceptors (Lipinski definition) is 3. The van der Waals surface area contributed by atoms with Crippen molar-refractivity contribution in [3.8, 4) is 0 Å². The largest absolute Gasteiger partial charge is 0.348 e. The normalized spacial score (nSPS) is 12.8. The fourth-order valence-corrected chi connectivity index (χ4v) is 3.73. The zero-order valence-electron chi connectivity index (χ0n) is 17.3. The maximum Gasteiger partial charge on any atom is 0.235 e. The second-order valence-corrected chi connectivity index (χ2v) is 9.37. The summed E-state index contributed by atoms with van der Waals surface area (Å²) in [7, 11) is -3.52. The maximum absolute atomic E-state index is 12.6. The number of hydrogen-bond donors (Lipinski definition) is 1. The van der Waals surface area contributed by atoms with E-state index in [0.717, 1.165) is 29.4 Å². The Morgan fingerprint density at radius 3 is 2.21 bits per heavy atom. The number of nitrogens with zero attached hydrogens (tertiary/aromatic N) is 1. The summed E-state index contributed by atoms with van der Waals surface area (Å²) in [5, 5.41) is 2.98. The number of benzene rings is 2. The molecule has 6 heteroatoms. The molecule has 1 N–H and O–H groups in total. The highest BCUT2D eigenvalue weighted by molar-refractivity contribution is 7.88. The minimum absolute atomic E-state index is 0.146. The number of aryl methyl sites for hydroxylation is 3. The number of carbonyl (C=O) groups excluding carboxylic acids is 1. The highest BCUT2D eigenvalue weighted by Gasteiger charge is 2.22. The molecule has 2 aromatic carbocycles. The second kappa shape index (κ2) is 9.34. The third-order valence-electron chi connectivity index (χ3n) is 4.95. The Labute approximate surface area is 168 Å². The zero-order chi connectivity index (χ0) is 20.9. The molecule has 152 valence electrons. The Morgan fingerprint density at radius 2 is 1.68 bits per heavy atom. The lowest BCUT2D eigenvalue weighted by Gasteiger charge is -2.23. The van der Waals surface area contributed by atoms with Crippen molar-refractivity contribution in [1.82, 2.24) is 9.62 Å². The standard InChI is InChI=1S/C22H30N2O3S/c1-6-21(20-12-9-17(3)18(4)13-20)23-22(25)15-24(28(5,26)27)14-19-10-7-16(2)8-11-19/h7-13,21H,6,14-15H2,1-5H3,(H,23,25). The van der Waals surface area contributed by atoms with Crippen LogP contribution in [-0.4, -0.2) is 31.4 Å². The number of amides is 1. The van der Waals surface area contributed by atoms with Gasteiger partial charge < -0.3 is 5.32 Å². The molecule has 0 spiro atoms. The van der Waals surface area contributed by atoms with Crippen molar-refractivity contribution in [2.75, 3.05) is 12.8 Å². The minimum atomic E-state index is -3.52. The van der Waals surface area contributed by atoms with Gasteiger partial charge in [0, 0.05) is 6.54 Å². The Balaban J connectivity index is 2.11. The van der Waals surface area contributed by atoms with Gasteiger partial charge in [-0.15, -0.1) is 0 Å². The topological polar surface area (TPSA) is 66.5 Å². The first kappa shape index (κ1) is 22.1. The monoisotopic (exact) mass is 402 g/mol. The van der Waals surface area contributed by atoms with Crippen molar-refractivity contribution in [2.24, 2.45) is 0 Å². The van der Waals surface area contributed by atoms with E-state index in [-0.39, 0.29) is 25.0 Å². The van der Waals surface area contributed by atoms with Crippen LogP contribution < -0.4 is 5.32 Å². The lowest BCUT2D eigenvalue weighted by atomic mass is 9.99. The molecule has 0 heterocycles. The summed E-state index contributed by atoms with van der Waals surface area (Å²) in [6.45, 7) is 8.04. The number of rotatable bonds is 8. The summed E-state index contributed by atoms with van der Waals surface area (Å²) in [6.07, 6.45) is 1.86. The molecule has 0 aliphatic rings. The Morgan fingerprint density at radius 1 is 1.04 bits per heavy atom. The summed E-state index contributed by atoms with van der Waals surface area (Å²) < 4.78 is 25.6. The quantitative estimate of drug-likeness (QED) is 0.733. The molecule has 0 bridgehead atoms. The summed E-state index contributed by atoms with van der Waals surface area (Å²) in [6, 6.07) is 13.6. The average Bonchev–Trinajstić information content (AvgIpc) is 2.62. The Hall–Kier alpha value is -2.18. The number of carbonyl (C=O) groups is 1. The van der Waals surface area contributed by atoms with Gasteiger partial charge in [-0.3, -0.25) is 4.79 Å². The van der Waals surface area contributed by atoms with Crippen molar-refractivity contribution in [2.45, 2.75) is 46.7 Å². The van der Waals surface area contributed by atoms with E-state index in [4.69, 9.17) is 0 Å². The van der Waals surface area contributed by atoms with E-state index in [0.29, 0.717) is 0 Å². The van der Waals surface area contributed by atoms with Crippen LogP contribution in [0.25, 0.3) is 0 Å². The third-order valence-corrected chi connectivity index (χ3v) is 6.14.